The SMILES string of the molecule is Cc1ccc(C(=O)NCc2ccccc2C)c(C2CCN(C(=O)C(C)C)CC2)n1. The van der Waals surface area contributed by atoms with Gasteiger partial charge in [0.1, 0.15) is 0 Å². The first kappa shape index (κ1) is 21.0. The first-order valence-corrected chi connectivity index (χ1v) is 10.5. The average Bonchev–Trinajstić information content (AvgIpc) is 2.72. The highest BCUT2D eigenvalue weighted by Crippen LogP contribution is 2.30. The zero-order valence-corrected chi connectivity index (χ0v) is 17.9. The summed E-state index contributed by atoms with van der Waals surface area (Å²) in [4.78, 5) is 31.9. The van der Waals surface area contributed by atoms with Crippen LogP contribution in [0.1, 0.15) is 65.5 Å². The predicted molar refractivity (Wildman–Crippen MR) is 115 cm³/mol. The molecule has 0 unspecified atom stereocenters. The normalized spacial score (nSPS) is 14.9. The van der Waals surface area contributed by atoms with Gasteiger partial charge in [-0.05, 0) is 49.9 Å². The molecule has 1 N–H and O–H groups in total. The van der Waals surface area contributed by atoms with E-state index in [0.29, 0.717) is 12.1 Å². The molecular weight excluding hydrogens is 362 g/mol. The van der Waals surface area contributed by atoms with Gasteiger partial charge in [0.25, 0.3) is 5.91 Å². The van der Waals surface area contributed by atoms with Crippen LogP contribution in [-0.4, -0.2) is 34.8 Å². The number of pyridine rings is 1. The smallest absolute Gasteiger partial charge is 0.253 e. The Morgan fingerprint density at radius 3 is 2.45 bits per heavy atom. The molecule has 1 aliphatic rings. The standard InChI is InChI=1S/C24H31N3O2/c1-16(2)24(29)27-13-11-19(12-14-27)22-21(10-9-18(4)26-22)23(28)25-15-20-8-6-5-7-17(20)3/h5-10,16,19H,11-15H2,1-4H3,(H,25,28). The highest BCUT2D eigenvalue weighted by Gasteiger charge is 2.28. The first-order valence-electron chi connectivity index (χ1n) is 10.5. The molecule has 5 heteroatoms. The molecule has 29 heavy (non-hydrogen) atoms. The third-order valence-electron chi connectivity index (χ3n) is 5.70. The Kier molecular flexibility index (Phi) is 6.68. The molecule has 2 heterocycles. The van der Waals surface area contributed by atoms with Crippen LogP contribution >= 0.6 is 0 Å². The van der Waals surface area contributed by atoms with E-state index in [1.807, 2.05) is 69.0 Å². The highest BCUT2D eigenvalue weighted by molar-refractivity contribution is 5.95. The minimum absolute atomic E-state index is 0.0198. The molecule has 0 atom stereocenters. The molecule has 5 nitrogen and oxygen atoms in total. The van der Waals surface area contributed by atoms with Crippen LogP contribution in [0.2, 0.25) is 0 Å². The van der Waals surface area contributed by atoms with E-state index in [1.165, 1.54) is 0 Å². The number of aryl methyl sites for hydroxylation is 2. The van der Waals surface area contributed by atoms with Crippen LogP contribution in [0, 0.1) is 19.8 Å². The topological polar surface area (TPSA) is 62.3 Å². The van der Waals surface area contributed by atoms with Gasteiger partial charge < -0.3 is 10.2 Å². The first-order chi connectivity index (χ1) is 13.9. The number of rotatable bonds is 5. The predicted octanol–water partition coefficient (Wildman–Crippen LogP) is 3.99. The van der Waals surface area contributed by atoms with Crippen LogP contribution < -0.4 is 5.32 Å². The summed E-state index contributed by atoms with van der Waals surface area (Å²) in [6.45, 7) is 9.83. The highest BCUT2D eigenvalue weighted by atomic mass is 16.2. The van der Waals surface area contributed by atoms with Crippen molar-refractivity contribution in [2.45, 2.75) is 53.0 Å². The third kappa shape index (κ3) is 5.03. The van der Waals surface area contributed by atoms with Crippen LogP contribution in [0.3, 0.4) is 0 Å². The fourth-order valence-corrected chi connectivity index (χ4v) is 3.90. The van der Waals surface area contributed by atoms with Crippen molar-refractivity contribution < 1.29 is 9.59 Å². The number of nitrogens with zero attached hydrogens (tertiary/aromatic N) is 2. The van der Waals surface area contributed by atoms with Crippen LogP contribution in [-0.2, 0) is 11.3 Å². The second-order valence-electron chi connectivity index (χ2n) is 8.25. The molecule has 0 aliphatic carbocycles. The largest absolute Gasteiger partial charge is 0.348 e. The number of amides is 2. The number of carbonyl (C=O) groups excluding carboxylic acids is 2. The van der Waals surface area contributed by atoms with Gasteiger partial charge in [0, 0.05) is 37.2 Å². The molecular formula is C24H31N3O2. The van der Waals surface area contributed by atoms with E-state index in [9.17, 15) is 9.59 Å². The van der Waals surface area contributed by atoms with Crippen molar-refractivity contribution in [2.75, 3.05) is 13.1 Å². The number of hydrogen-bond donors (Lipinski definition) is 1. The molecule has 1 saturated heterocycles. The quantitative estimate of drug-likeness (QED) is 0.835. The molecule has 2 aromatic rings. The number of benzene rings is 1. The van der Waals surface area contributed by atoms with Crippen molar-refractivity contribution in [3.05, 3.63) is 64.5 Å². The molecule has 1 aromatic heterocycles. The van der Waals surface area contributed by atoms with Gasteiger partial charge in [-0.3, -0.25) is 14.6 Å². The van der Waals surface area contributed by atoms with Crippen molar-refractivity contribution in [3.63, 3.8) is 0 Å². The molecule has 1 aromatic carbocycles. The van der Waals surface area contributed by atoms with Gasteiger partial charge in [-0.2, -0.15) is 0 Å². The second-order valence-corrected chi connectivity index (χ2v) is 8.25. The lowest BCUT2D eigenvalue weighted by Crippen LogP contribution is -2.40. The van der Waals surface area contributed by atoms with Crippen molar-refractivity contribution >= 4 is 11.8 Å². The monoisotopic (exact) mass is 393 g/mol. The van der Waals surface area contributed by atoms with E-state index in [4.69, 9.17) is 4.98 Å². The van der Waals surface area contributed by atoms with Gasteiger partial charge >= 0.3 is 0 Å². The van der Waals surface area contributed by atoms with E-state index < -0.39 is 0 Å². The summed E-state index contributed by atoms with van der Waals surface area (Å²) in [6.07, 6.45) is 1.68. The summed E-state index contributed by atoms with van der Waals surface area (Å²) in [5, 5.41) is 3.05. The lowest BCUT2D eigenvalue weighted by atomic mass is 9.89. The van der Waals surface area contributed by atoms with Crippen LogP contribution in [0.25, 0.3) is 0 Å². The van der Waals surface area contributed by atoms with Crippen molar-refractivity contribution in [2.24, 2.45) is 5.92 Å². The van der Waals surface area contributed by atoms with Crippen LogP contribution in [0.15, 0.2) is 36.4 Å². The molecule has 3 rings (SSSR count). The summed E-state index contributed by atoms with van der Waals surface area (Å²) < 4.78 is 0. The van der Waals surface area contributed by atoms with Gasteiger partial charge in [-0.25, -0.2) is 0 Å². The Morgan fingerprint density at radius 2 is 1.79 bits per heavy atom. The maximum Gasteiger partial charge on any atom is 0.253 e. The summed E-state index contributed by atoms with van der Waals surface area (Å²) in [6, 6.07) is 11.8. The number of hydrogen-bond acceptors (Lipinski definition) is 3. The van der Waals surface area contributed by atoms with Crippen LogP contribution in [0.4, 0.5) is 0 Å². The lowest BCUT2D eigenvalue weighted by Gasteiger charge is -2.33. The average molecular weight is 394 g/mol. The Labute approximate surface area is 173 Å². The van der Waals surface area contributed by atoms with Gasteiger partial charge in [0.15, 0.2) is 0 Å². The van der Waals surface area contributed by atoms with Crippen molar-refractivity contribution in [1.82, 2.24) is 15.2 Å². The van der Waals surface area contributed by atoms with Gasteiger partial charge in [0.2, 0.25) is 5.91 Å². The van der Waals surface area contributed by atoms with E-state index in [-0.39, 0.29) is 23.7 Å². The molecule has 2 amide bonds. The number of aromatic nitrogens is 1. The number of likely N-dealkylation sites (tertiary alicyclic amines) is 1. The molecule has 0 saturated carbocycles. The molecule has 1 fully saturated rings. The van der Waals surface area contributed by atoms with E-state index in [0.717, 1.165) is 48.4 Å². The fourth-order valence-electron chi connectivity index (χ4n) is 3.90. The zero-order valence-electron chi connectivity index (χ0n) is 17.9. The minimum Gasteiger partial charge on any atom is -0.348 e. The third-order valence-corrected chi connectivity index (χ3v) is 5.70. The van der Waals surface area contributed by atoms with Crippen molar-refractivity contribution in [3.8, 4) is 0 Å². The number of carbonyl (C=O) groups is 2. The van der Waals surface area contributed by atoms with E-state index >= 15 is 0 Å². The number of piperidine rings is 1. The van der Waals surface area contributed by atoms with Crippen molar-refractivity contribution in [1.29, 1.82) is 0 Å². The molecule has 0 spiro atoms. The Morgan fingerprint density at radius 1 is 1.10 bits per heavy atom. The maximum absolute atomic E-state index is 13.0. The Hall–Kier alpha value is -2.69. The van der Waals surface area contributed by atoms with Crippen LogP contribution in [0.5, 0.6) is 0 Å². The van der Waals surface area contributed by atoms with Gasteiger partial charge in [0.05, 0.1) is 11.3 Å². The summed E-state index contributed by atoms with van der Waals surface area (Å²) >= 11 is 0. The van der Waals surface area contributed by atoms with Gasteiger partial charge in [-0.1, -0.05) is 38.1 Å². The zero-order chi connectivity index (χ0) is 21.0. The molecule has 1 aliphatic heterocycles. The molecule has 154 valence electrons. The lowest BCUT2D eigenvalue weighted by molar-refractivity contribution is -0.135. The summed E-state index contributed by atoms with van der Waals surface area (Å²) in [5.41, 5.74) is 4.71. The van der Waals surface area contributed by atoms with Gasteiger partial charge in [-0.15, -0.1) is 0 Å². The Balaban J connectivity index is 1.72. The van der Waals surface area contributed by atoms with E-state index in [1.54, 1.807) is 0 Å². The second kappa shape index (κ2) is 9.21. The number of nitrogens with one attached hydrogen (secondary N) is 1. The summed E-state index contributed by atoms with van der Waals surface area (Å²) in [7, 11) is 0. The fraction of sp³-hybridized carbons (Fsp3) is 0.458. The summed E-state index contributed by atoms with van der Waals surface area (Å²) in [5.74, 6) is 0.338. The maximum atomic E-state index is 13.0. The molecule has 0 bridgehead atoms. The van der Waals surface area contributed by atoms with E-state index in [2.05, 4.69) is 5.32 Å². The minimum atomic E-state index is -0.0866. The Bertz CT molecular complexity index is 883. The molecule has 0 radical (unpaired) electrons.